The Kier molecular flexibility index (Phi) is 13.7. The Morgan fingerprint density at radius 3 is 2.15 bits per heavy atom. The molecule has 0 saturated carbocycles. The molecule has 15 nitrogen and oxygen atoms in total. The van der Waals surface area contributed by atoms with Gasteiger partial charge in [-0.05, 0) is 77.3 Å². The summed E-state index contributed by atoms with van der Waals surface area (Å²) >= 11 is 0. The van der Waals surface area contributed by atoms with Crippen molar-refractivity contribution >= 4 is 30.1 Å². The third-order valence-corrected chi connectivity index (χ3v) is 11.4. The van der Waals surface area contributed by atoms with Crippen molar-refractivity contribution in [2.24, 2.45) is 26.8 Å². The van der Waals surface area contributed by atoms with Gasteiger partial charge in [0.05, 0.1) is 43.7 Å². The van der Waals surface area contributed by atoms with Crippen LogP contribution < -0.4 is 15.5 Å². The van der Waals surface area contributed by atoms with E-state index < -0.39 is 12.1 Å². The highest BCUT2D eigenvalue weighted by Gasteiger charge is 2.40. The van der Waals surface area contributed by atoms with Gasteiger partial charge in [0.1, 0.15) is 29.5 Å². The Morgan fingerprint density at radius 1 is 0.869 bits per heavy atom. The number of aromatic nitrogens is 2. The number of aromatic amines is 1. The van der Waals surface area contributed by atoms with Crippen molar-refractivity contribution in [3.8, 4) is 28.1 Å². The number of hydrogen-bond donors (Lipinski definition) is 3. The maximum absolute atomic E-state index is 14.1. The molecule has 3 aromatic carbocycles. The van der Waals surface area contributed by atoms with Gasteiger partial charge in [-0.15, -0.1) is 0 Å². The molecule has 4 heterocycles. The SMILES string of the molecule is [C-]#[N+]NC(=N[C@H](C(=O)N1CCC[C@H]1c1ncc(-c2ccc(-c3ccc(C4CN=C([C@@H]5CCCN5C(=O)[C@@H](N=COOC)C(C)C)N4)cc3)cc2)[nH]1)C(C)C)Oc1ccccc1. The summed E-state index contributed by atoms with van der Waals surface area (Å²) in [4.78, 5) is 66.1. The van der Waals surface area contributed by atoms with Gasteiger partial charge in [0.25, 0.3) is 0 Å². The molecular formula is C46H54N10O5. The van der Waals surface area contributed by atoms with E-state index in [1.54, 1.807) is 12.1 Å². The Hall–Kier alpha value is -6.53. The maximum atomic E-state index is 14.1. The molecule has 1 aromatic heterocycles. The van der Waals surface area contributed by atoms with Crippen molar-refractivity contribution in [3.05, 3.63) is 108 Å². The average molecular weight is 827 g/mol. The number of hydrogen-bond acceptors (Lipinski definition) is 10. The number of amides is 2. The number of nitrogens with zero attached hydrogens (tertiary/aromatic N) is 7. The molecule has 4 aromatic rings. The molecule has 61 heavy (non-hydrogen) atoms. The van der Waals surface area contributed by atoms with E-state index >= 15 is 0 Å². The van der Waals surface area contributed by atoms with Crippen LogP contribution in [0.1, 0.15) is 76.8 Å². The van der Waals surface area contributed by atoms with Crippen LogP contribution in [0.3, 0.4) is 0 Å². The minimum atomic E-state index is -0.753. The summed E-state index contributed by atoms with van der Waals surface area (Å²) in [6.07, 6.45) is 6.40. The van der Waals surface area contributed by atoms with Gasteiger partial charge in [-0.25, -0.2) is 15.0 Å². The van der Waals surface area contributed by atoms with Crippen molar-refractivity contribution in [2.45, 2.75) is 83.6 Å². The standard InChI is InChI=1S/C46H54N10O5/c1-29(2)40(50-28-60-59-6)44(57)55-24-10-14-38(55)42-48-26-36(51-42)33-20-16-31(17-21-33)32-18-22-34(23-19-32)37-27-49-43(52-37)39-15-11-25-56(39)45(58)41(30(3)4)53-46(54-47-5)61-35-12-8-7-9-13-35/h7-9,12-13,16-23,27-30,36,38-41H,10-11,14-15,24-26H2,1-4,6H3,(H,48,51)(H,49,52)(H,53,54)/t36?,38-,39-,40-,41-/m0/s1. The van der Waals surface area contributed by atoms with Crippen LogP contribution in [0.4, 0.5) is 0 Å². The van der Waals surface area contributed by atoms with Gasteiger partial charge in [-0.2, -0.15) is 16.4 Å². The number of likely N-dealkylation sites (tertiary alicyclic amines) is 2. The number of aliphatic imine (C=N–C) groups is 3. The summed E-state index contributed by atoms with van der Waals surface area (Å²) in [6.45, 7) is 17.0. The molecule has 318 valence electrons. The first-order valence-electron chi connectivity index (χ1n) is 21.0. The zero-order chi connectivity index (χ0) is 42.9. The highest BCUT2D eigenvalue weighted by atomic mass is 17.2. The van der Waals surface area contributed by atoms with E-state index in [9.17, 15) is 9.59 Å². The van der Waals surface area contributed by atoms with Crippen LogP contribution in [-0.4, -0.2) is 94.7 Å². The van der Waals surface area contributed by atoms with Gasteiger partial charge < -0.3 is 29.7 Å². The van der Waals surface area contributed by atoms with Crippen LogP contribution in [0.2, 0.25) is 0 Å². The molecule has 2 saturated heterocycles. The van der Waals surface area contributed by atoms with Gasteiger partial charge >= 0.3 is 6.02 Å². The smallest absolute Gasteiger partial charge is 0.358 e. The molecule has 0 spiro atoms. The highest BCUT2D eigenvalue weighted by molar-refractivity contribution is 5.95. The molecule has 3 aliphatic heterocycles. The number of carbonyl (C=O) groups excluding carboxylic acids is 2. The quantitative estimate of drug-likeness (QED) is 0.0405. The van der Waals surface area contributed by atoms with Crippen LogP contribution >= 0.6 is 0 Å². The maximum Gasteiger partial charge on any atom is 0.358 e. The van der Waals surface area contributed by atoms with Gasteiger partial charge in [-0.1, -0.05) is 94.4 Å². The first-order valence-corrected chi connectivity index (χ1v) is 21.0. The molecule has 3 N–H and O–H groups in total. The Bertz CT molecular complexity index is 2250. The van der Waals surface area contributed by atoms with Gasteiger partial charge in [0, 0.05) is 13.1 Å². The molecule has 7 rings (SSSR count). The molecule has 1 unspecified atom stereocenters. The molecule has 0 radical (unpaired) electrons. The van der Waals surface area contributed by atoms with Gasteiger partial charge in [0.2, 0.25) is 18.2 Å². The van der Waals surface area contributed by atoms with E-state index in [1.165, 1.54) is 13.5 Å². The van der Waals surface area contributed by atoms with Crippen LogP contribution in [0.5, 0.6) is 5.75 Å². The second-order valence-electron chi connectivity index (χ2n) is 16.2. The lowest BCUT2D eigenvalue weighted by molar-refractivity contribution is -0.188. The van der Waals surface area contributed by atoms with Crippen molar-refractivity contribution in [2.75, 3.05) is 26.7 Å². The zero-order valence-corrected chi connectivity index (χ0v) is 35.3. The number of benzene rings is 3. The molecule has 0 bridgehead atoms. The van der Waals surface area contributed by atoms with E-state index in [4.69, 9.17) is 26.2 Å². The van der Waals surface area contributed by atoms with Crippen LogP contribution in [0.15, 0.2) is 100 Å². The lowest BCUT2D eigenvalue weighted by atomic mass is 9.99. The summed E-state index contributed by atoms with van der Waals surface area (Å²) in [5.41, 5.74) is 7.65. The lowest BCUT2D eigenvalue weighted by Crippen LogP contribution is -2.49. The van der Waals surface area contributed by atoms with Crippen LogP contribution in [-0.2, 0) is 19.4 Å². The minimum absolute atomic E-state index is 0.000847. The summed E-state index contributed by atoms with van der Waals surface area (Å²) in [5, 5.41) is 3.62. The summed E-state index contributed by atoms with van der Waals surface area (Å²) in [5.74, 6) is 1.80. The fraction of sp³-hybridized carbons (Fsp3) is 0.413. The first-order chi connectivity index (χ1) is 29.6. The van der Waals surface area contributed by atoms with E-state index in [0.717, 1.165) is 65.3 Å². The zero-order valence-electron chi connectivity index (χ0n) is 35.3. The summed E-state index contributed by atoms with van der Waals surface area (Å²) in [6, 6.07) is 24.3. The average Bonchev–Trinajstić information content (AvgIpc) is 4.12. The van der Waals surface area contributed by atoms with E-state index in [1.807, 2.05) is 61.9 Å². The second-order valence-corrected chi connectivity index (χ2v) is 16.2. The minimum Gasteiger partial charge on any atom is -0.422 e. The first kappa shape index (κ1) is 42.6. The monoisotopic (exact) mass is 826 g/mol. The number of H-pyrrole nitrogens is 1. The number of carbonyl (C=O) groups is 2. The third-order valence-electron chi connectivity index (χ3n) is 11.4. The highest BCUT2D eigenvalue weighted by Crippen LogP contribution is 2.34. The van der Waals surface area contributed by atoms with Gasteiger partial charge in [0.15, 0.2) is 0 Å². The Labute approximate surface area is 357 Å². The van der Waals surface area contributed by atoms with Gasteiger partial charge in [-0.3, -0.25) is 14.6 Å². The summed E-state index contributed by atoms with van der Waals surface area (Å²) in [7, 11) is 1.40. The molecule has 2 amide bonds. The van der Waals surface area contributed by atoms with Crippen molar-refractivity contribution in [3.63, 3.8) is 0 Å². The van der Waals surface area contributed by atoms with E-state index in [0.29, 0.717) is 25.4 Å². The lowest BCUT2D eigenvalue weighted by Gasteiger charge is -2.29. The number of rotatable bonds is 14. The second kappa shape index (κ2) is 19.7. The molecule has 15 heteroatoms. The van der Waals surface area contributed by atoms with E-state index in [2.05, 4.69) is 84.1 Å². The van der Waals surface area contributed by atoms with Crippen molar-refractivity contribution in [1.29, 1.82) is 0 Å². The predicted molar refractivity (Wildman–Crippen MR) is 234 cm³/mol. The number of ether oxygens (including phenoxy) is 1. The fourth-order valence-corrected chi connectivity index (χ4v) is 8.22. The predicted octanol–water partition coefficient (Wildman–Crippen LogP) is 6.96. The number of imidazole rings is 1. The largest absolute Gasteiger partial charge is 0.422 e. The van der Waals surface area contributed by atoms with E-state index in [-0.39, 0.29) is 47.8 Å². The topological polar surface area (TPSA) is 162 Å². The molecule has 5 atom stereocenters. The number of para-hydroxylation sites is 1. The normalized spacial score (nSPS) is 20.1. The Balaban J connectivity index is 0.972. The number of nitrogens with one attached hydrogen (secondary N) is 3. The van der Waals surface area contributed by atoms with Crippen LogP contribution in [0.25, 0.3) is 27.3 Å². The molecule has 2 fully saturated rings. The summed E-state index contributed by atoms with van der Waals surface area (Å²) < 4.78 is 5.84. The Morgan fingerprint density at radius 2 is 1.49 bits per heavy atom. The fourth-order valence-electron chi connectivity index (χ4n) is 8.22. The molecule has 0 aliphatic carbocycles. The molecule has 3 aliphatic rings. The molecular weight excluding hydrogens is 773 g/mol. The number of amidine groups is 2. The van der Waals surface area contributed by atoms with Crippen molar-refractivity contribution < 1.29 is 24.1 Å². The van der Waals surface area contributed by atoms with Crippen LogP contribution in [0, 0.1) is 18.4 Å². The van der Waals surface area contributed by atoms with Crippen molar-refractivity contribution in [1.82, 2.24) is 30.5 Å². The third kappa shape index (κ3) is 9.92.